The van der Waals surface area contributed by atoms with Crippen molar-refractivity contribution < 1.29 is 4.74 Å². The van der Waals surface area contributed by atoms with Gasteiger partial charge in [0.1, 0.15) is 0 Å². The molecule has 0 spiro atoms. The molecule has 2 aliphatic rings. The van der Waals surface area contributed by atoms with Crippen LogP contribution in [0.25, 0.3) is 0 Å². The highest BCUT2D eigenvalue weighted by atomic mass is 16.5. The maximum Gasteiger partial charge on any atom is 0.0729 e. The van der Waals surface area contributed by atoms with E-state index in [1.807, 2.05) is 0 Å². The molecule has 0 bridgehead atoms. The molecule has 2 rings (SSSR count). The molecule has 0 aromatic carbocycles. The summed E-state index contributed by atoms with van der Waals surface area (Å²) in [5, 5.41) is 3.46. The molecule has 0 radical (unpaired) electrons. The maximum atomic E-state index is 5.49. The molecule has 0 saturated carbocycles. The number of hydrogen-bond donors (Lipinski definition) is 1. The number of piperidine rings is 1. The number of fused-ring (bicyclic) bond motifs is 1. The largest absolute Gasteiger partial charge is 0.377 e. The minimum absolute atomic E-state index is 0.554. The van der Waals surface area contributed by atoms with Crippen molar-refractivity contribution in [3.63, 3.8) is 0 Å². The molecular weight excluding hydrogens is 114 g/mol. The predicted octanol–water partition coefficient (Wildman–Crippen LogP) is 0.527. The second kappa shape index (κ2) is 2.27. The Morgan fingerprint density at radius 1 is 1.33 bits per heavy atom. The van der Waals surface area contributed by atoms with Crippen molar-refractivity contribution in [1.29, 1.82) is 0 Å². The molecule has 2 saturated heterocycles. The first kappa shape index (κ1) is 5.69. The van der Waals surface area contributed by atoms with Gasteiger partial charge in [-0.1, -0.05) is 0 Å². The van der Waals surface area contributed by atoms with Gasteiger partial charge in [0, 0.05) is 12.6 Å². The van der Waals surface area contributed by atoms with E-state index in [0.29, 0.717) is 12.1 Å². The zero-order valence-corrected chi connectivity index (χ0v) is 5.60. The summed E-state index contributed by atoms with van der Waals surface area (Å²) in [6.45, 7) is 2.17. The fourth-order valence-electron chi connectivity index (χ4n) is 1.76. The molecule has 1 N–H and O–H groups in total. The van der Waals surface area contributed by atoms with Gasteiger partial charge < -0.3 is 10.1 Å². The summed E-state index contributed by atoms with van der Waals surface area (Å²) in [4.78, 5) is 0. The zero-order valence-electron chi connectivity index (χ0n) is 5.60. The van der Waals surface area contributed by atoms with Crippen molar-refractivity contribution in [3.05, 3.63) is 0 Å². The Bertz CT molecular complexity index is 93.1. The Morgan fingerprint density at radius 3 is 3.22 bits per heavy atom. The molecule has 2 atom stereocenters. The lowest BCUT2D eigenvalue weighted by Crippen LogP contribution is -2.41. The summed E-state index contributed by atoms with van der Waals surface area (Å²) >= 11 is 0. The van der Waals surface area contributed by atoms with Crippen LogP contribution in [-0.2, 0) is 4.74 Å². The van der Waals surface area contributed by atoms with Crippen LogP contribution in [0.3, 0.4) is 0 Å². The van der Waals surface area contributed by atoms with E-state index < -0.39 is 0 Å². The van der Waals surface area contributed by atoms with Crippen LogP contribution in [0.5, 0.6) is 0 Å². The van der Waals surface area contributed by atoms with Crippen molar-refractivity contribution >= 4 is 0 Å². The number of hydrogen-bond acceptors (Lipinski definition) is 2. The Hall–Kier alpha value is -0.0800. The quantitative estimate of drug-likeness (QED) is 0.512. The molecule has 0 aliphatic carbocycles. The first-order valence-electron chi connectivity index (χ1n) is 3.82. The van der Waals surface area contributed by atoms with Gasteiger partial charge in [-0.2, -0.15) is 0 Å². The average Bonchev–Trinajstić information content (AvgIpc) is 2.33. The van der Waals surface area contributed by atoms with Crippen molar-refractivity contribution in [1.82, 2.24) is 5.32 Å². The lowest BCUT2D eigenvalue weighted by Gasteiger charge is -2.24. The number of rotatable bonds is 0. The maximum absolute atomic E-state index is 5.49. The summed E-state index contributed by atoms with van der Waals surface area (Å²) < 4.78 is 5.49. The average molecular weight is 127 g/mol. The highest BCUT2D eigenvalue weighted by Crippen LogP contribution is 2.20. The van der Waals surface area contributed by atoms with E-state index in [9.17, 15) is 0 Å². The standard InChI is InChI=1S/C7H13NO/c1-2-7-6(8-4-1)3-5-9-7/h6-8H,1-5H2. The lowest BCUT2D eigenvalue weighted by atomic mass is 10.0. The summed E-state index contributed by atoms with van der Waals surface area (Å²) in [6, 6.07) is 0.693. The summed E-state index contributed by atoms with van der Waals surface area (Å²) in [5.41, 5.74) is 0. The van der Waals surface area contributed by atoms with Gasteiger partial charge in [-0.25, -0.2) is 0 Å². The molecule has 0 aromatic rings. The third kappa shape index (κ3) is 0.970. The minimum atomic E-state index is 0.554. The van der Waals surface area contributed by atoms with Gasteiger partial charge in [-0.15, -0.1) is 0 Å². The third-order valence-electron chi connectivity index (χ3n) is 2.28. The molecule has 52 valence electrons. The zero-order chi connectivity index (χ0) is 6.10. The Balaban J connectivity index is 1.97. The van der Waals surface area contributed by atoms with Gasteiger partial charge in [-0.05, 0) is 25.8 Å². The van der Waals surface area contributed by atoms with Crippen LogP contribution >= 0.6 is 0 Å². The highest BCUT2D eigenvalue weighted by molar-refractivity contribution is 4.85. The van der Waals surface area contributed by atoms with Crippen LogP contribution in [0.4, 0.5) is 0 Å². The van der Waals surface area contributed by atoms with Crippen LogP contribution in [0.2, 0.25) is 0 Å². The summed E-state index contributed by atoms with van der Waals surface area (Å²) in [7, 11) is 0. The lowest BCUT2D eigenvalue weighted by molar-refractivity contribution is 0.0789. The van der Waals surface area contributed by atoms with Crippen molar-refractivity contribution in [2.45, 2.75) is 31.4 Å². The van der Waals surface area contributed by atoms with Crippen LogP contribution in [0.15, 0.2) is 0 Å². The van der Waals surface area contributed by atoms with Gasteiger partial charge in [0.05, 0.1) is 6.10 Å². The van der Waals surface area contributed by atoms with Crippen molar-refractivity contribution in [3.8, 4) is 0 Å². The third-order valence-corrected chi connectivity index (χ3v) is 2.28. The summed E-state index contributed by atoms with van der Waals surface area (Å²) in [5.74, 6) is 0. The molecule has 0 amide bonds. The normalized spacial score (nSPS) is 42.7. The minimum Gasteiger partial charge on any atom is -0.377 e. The van der Waals surface area contributed by atoms with E-state index in [2.05, 4.69) is 5.32 Å². The van der Waals surface area contributed by atoms with Gasteiger partial charge >= 0.3 is 0 Å². The predicted molar refractivity (Wildman–Crippen MR) is 35.4 cm³/mol. The fraction of sp³-hybridized carbons (Fsp3) is 1.00. The SMILES string of the molecule is C1CNC2CCOC2C1. The topological polar surface area (TPSA) is 21.3 Å². The van der Waals surface area contributed by atoms with E-state index >= 15 is 0 Å². The Morgan fingerprint density at radius 2 is 2.33 bits per heavy atom. The molecule has 2 unspecified atom stereocenters. The van der Waals surface area contributed by atoms with E-state index in [-0.39, 0.29) is 0 Å². The van der Waals surface area contributed by atoms with E-state index in [1.165, 1.54) is 25.8 Å². The molecule has 2 nitrogen and oxygen atoms in total. The molecule has 0 aromatic heterocycles. The second-order valence-corrected chi connectivity index (χ2v) is 2.90. The van der Waals surface area contributed by atoms with Crippen molar-refractivity contribution in [2.24, 2.45) is 0 Å². The van der Waals surface area contributed by atoms with Gasteiger partial charge in [0.2, 0.25) is 0 Å². The molecule has 2 heterocycles. The Kier molecular flexibility index (Phi) is 1.44. The Labute approximate surface area is 55.6 Å². The van der Waals surface area contributed by atoms with E-state index in [0.717, 1.165) is 6.61 Å². The molecule has 2 aliphatic heterocycles. The van der Waals surface area contributed by atoms with Crippen LogP contribution in [-0.4, -0.2) is 25.3 Å². The molecule has 2 heteroatoms. The second-order valence-electron chi connectivity index (χ2n) is 2.90. The first-order chi connectivity index (χ1) is 4.47. The van der Waals surface area contributed by atoms with Gasteiger partial charge in [0.25, 0.3) is 0 Å². The smallest absolute Gasteiger partial charge is 0.0729 e. The van der Waals surface area contributed by atoms with Gasteiger partial charge in [-0.3, -0.25) is 0 Å². The number of nitrogens with one attached hydrogen (secondary N) is 1. The van der Waals surface area contributed by atoms with E-state index in [4.69, 9.17) is 4.74 Å². The molecular formula is C7H13NO. The number of ether oxygens (including phenoxy) is 1. The van der Waals surface area contributed by atoms with Crippen LogP contribution < -0.4 is 5.32 Å². The van der Waals surface area contributed by atoms with Crippen LogP contribution in [0.1, 0.15) is 19.3 Å². The van der Waals surface area contributed by atoms with Gasteiger partial charge in [0.15, 0.2) is 0 Å². The first-order valence-corrected chi connectivity index (χ1v) is 3.82. The summed E-state index contributed by atoms with van der Waals surface area (Å²) in [6.07, 6.45) is 4.35. The highest BCUT2D eigenvalue weighted by Gasteiger charge is 2.29. The fourth-order valence-corrected chi connectivity index (χ4v) is 1.76. The van der Waals surface area contributed by atoms with Crippen LogP contribution in [0, 0.1) is 0 Å². The molecule has 9 heavy (non-hydrogen) atoms. The monoisotopic (exact) mass is 127 g/mol. The van der Waals surface area contributed by atoms with E-state index in [1.54, 1.807) is 0 Å². The van der Waals surface area contributed by atoms with Crippen molar-refractivity contribution in [2.75, 3.05) is 13.2 Å². The molecule has 2 fully saturated rings.